The van der Waals surface area contributed by atoms with E-state index in [1.165, 1.54) is 0 Å². The average molecular weight is 227 g/mol. The summed E-state index contributed by atoms with van der Waals surface area (Å²) in [6.07, 6.45) is 0. The third-order valence-electron chi connectivity index (χ3n) is 3.40. The Bertz CT molecular complexity index is 242. The largest absolute Gasteiger partial charge is 0.342 e. The summed E-state index contributed by atoms with van der Waals surface area (Å²) in [5.41, 5.74) is 0. The zero-order valence-corrected chi connectivity index (χ0v) is 11.2. The van der Waals surface area contributed by atoms with E-state index in [0.717, 1.165) is 13.1 Å². The molecule has 1 N–H and O–H groups in total. The first-order valence-electron chi connectivity index (χ1n) is 6.15. The summed E-state index contributed by atoms with van der Waals surface area (Å²) in [6, 6.07) is 1.21. The second kappa shape index (κ2) is 5.64. The van der Waals surface area contributed by atoms with Gasteiger partial charge in [0.25, 0.3) is 0 Å². The summed E-state index contributed by atoms with van der Waals surface area (Å²) in [4.78, 5) is 16.1. The third kappa shape index (κ3) is 3.46. The van der Waals surface area contributed by atoms with Gasteiger partial charge in [0.05, 0.1) is 6.54 Å². The van der Waals surface area contributed by atoms with Crippen molar-refractivity contribution in [3.63, 3.8) is 0 Å². The normalized spacial score (nSPS) is 27.1. The fourth-order valence-corrected chi connectivity index (χ4v) is 1.89. The van der Waals surface area contributed by atoms with Crippen molar-refractivity contribution in [2.24, 2.45) is 0 Å². The number of nitrogens with one attached hydrogen (secondary N) is 1. The maximum absolute atomic E-state index is 12.0. The Morgan fingerprint density at radius 1 is 1.50 bits per heavy atom. The maximum Gasteiger partial charge on any atom is 0.236 e. The van der Waals surface area contributed by atoms with Crippen LogP contribution in [0.25, 0.3) is 0 Å². The van der Waals surface area contributed by atoms with Crippen molar-refractivity contribution in [1.29, 1.82) is 0 Å². The van der Waals surface area contributed by atoms with E-state index in [-0.39, 0.29) is 11.9 Å². The van der Waals surface area contributed by atoms with Gasteiger partial charge in [0, 0.05) is 38.3 Å². The van der Waals surface area contributed by atoms with Gasteiger partial charge < -0.3 is 10.2 Å². The first-order valence-corrected chi connectivity index (χ1v) is 6.15. The summed E-state index contributed by atoms with van der Waals surface area (Å²) >= 11 is 0. The molecule has 4 nitrogen and oxygen atoms in total. The van der Waals surface area contributed by atoms with Crippen LogP contribution in [-0.2, 0) is 4.79 Å². The second-order valence-electron chi connectivity index (χ2n) is 5.19. The first kappa shape index (κ1) is 13.5. The van der Waals surface area contributed by atoms with E-state index in [1.54, 1.807) is 0 Å². The van der Waals surface area contributed by atoms with Crippen LogP contribution in [0.1, 0.15) is 27.7 Å². The molecule has 1 aliphatic rings. The molecule has 1 heterocycles. The third-order valence-corrected chi connectivity index (χ3v) is 3.40. The zero-order chi connectivity index (χ0) is 12.3. The molecule has 0 saturated carbocycles. The van der Waals surface area contributed by atoms with Crippen LogP contribution >= 0.6 is 0 Å². The molecule has 1 fully saturated rings. The van der Waals surface area contributed by atoms with Crippen LogP contribution in [0.5, 0.6) is 0 Å². The van der Waals surface area contributed by atoms with Gasteiger partial charge in [-0.05, 0) is 27.7 Å². The van der Waals surface area contributed by atoms with E-state index < -0.39 is 0 Å². The molecule has 1 amide bonds. The van der Waals surface area contributed by atoms with Crippen molar-refractivity contribution in [3.8, 4) is 0 Å². The lowest BCUT2D eigenvalue weighted by molar-refractivity contribution is -0.133. The Balaban J connectivity index is 2.49. The minimum atomic E-state index is 0.218. The Hall–Kier alpha value is -0.610. The highest BCUT2D eigenvalue weighted by atomic mass is 16.2. The van der Waals surface area contributed by atoms with Crippen LogP contribution in [-0.4, -0.2) is 60.5 Å². The van der Waals surface area contributed by atoms with E-state index in [2.05, 4.69) is 24.1 Å². The minimum absolute atomic E-state index is 0.218. The standard InChI is InChI=1S/C12H25N3O/c1-9(2)14(5)12(16)8-15-7-10(3)13-6-11(15)4/h9-11,13H,6-8H2,1-5H3. The quantitative estimate of drug-likeness (QED) is 0.764. The van der Waals surface area contributed by atoms with E-state index in [9.17, 15) is 4.79 Å². The molecule has 2 atom stereocenters. The van der Waals surface area contributed by atoms with Gasteiger partial charge in [-0.2, -0.15) is 0 Å². The molecule has 94 valence electrons. The SMILES string of the molecule is CC1CN(CC(=O)N(C)C(C)C)C(C)CN1. The fourth-order valence-electron chi connectivity index (χ4n) is 1.89. The summed E-state index contributed by atoms with van der Waals surface area (Å²) in [7, 11) is 1.88. The van der Waals surface area contributed by atoms with Crippen LogP contribution < -0.4 is 5.32 Å². The molecule has 0 aromatic heterocycles. The van der Waals surface area contributed by atoms with Crippen molar-refractivity contribution < 1.29 is 4.79 Å². The highest BCUT2D eigenvalue weighted by molar-refractivity contribution is 5.78. The van der Waals surface area contributed by atoms with E-state index >= 15 is 0 Å². The second-order valence-corrected chi connectivity index (χ2v) is 5.19. The molecule has 16 heavy (non-hydrogen) atoms. The number of piperazine rings is 1. The highest BCUT2D eigenvalue weighted by Gasteiger charge is 2.25. The van der Waals surface area contributed by atoms with Crippen molar-refractivity contribution >= 4 is 5.91 Å². The maximum atomic E-state index is 12.0. The van der Waals surface area contributed by atoms with E-state index in [4.69, 9.17) is 0 Å². The Morgan fingerprint density at radius 3 is 2.69 bits per heavy atom. The van der Waals surface area contributed by atoms with E-state index in [0.29, 0.717) is 18.6 Å². The predicted molar refractivity (Wildman–Crippen MR) is 66.4 cm³/mol. The first-order chi connectivity index (χ1) is 7.41. The number of hydrogen-bond acceptors (Lipinski definition) is 3. The van der Waals surface area contributed by atoms with E-state index in [1.807, 2.05) is 25.8 Å². The van der Waals surface area contributed by atoms with Crippen LogP contribution in [0, 0.1) is 0 Å². The Labute approximate surface area is 99.0 Å². The van der Waals surface area contributed by atoms with Gasteiger partial charge in [-0.25, -0.2) is 0 Å². The zero-order valence-electron chi connectivity index (χ0n) is 11.2. The number of amides is 1. The fraction of sp³-hybridized carbons (Fsp3) is 0.917. The van der Waals surface area contributed by atoms with Crippen LogP contribution in [0.2, 0.25) is 0 Å². The van der Waals surface area contributed by atoms with Gasteiger partial charge in [0.2, 0.25) is 5.91 Å². The topological polar surface area (TPSA) is 35.6 Å². The van der Waals surface area contributed by atoms with Gasteiger partial charge in [-0.15, -0.1) is 0 Å². The summed E-state index contributed by atoms with van der Waals surface area (Å²) in [5, 5.41) is 3.42. The van der Waals surface area contributed by atoms with Crippen LogP contribution in [0.3, 0.4) is 0 Å². The average Bonchev–Trinajstić information content (AvgIpc) is 2.22. The van der Waals surface area contributed by atoms with Gasteiger partial charge in [-0.3, -0.25) is 9.69 Å². The van der Waals surface area contributed by atoms with Crippen molar-refractivity contribution in [2.75, 3.05) is 26.7 Å². The molecule has 0 radical (unpaired) electrons. The number of carbonyl (C=O) groups excluding carboxylic acids is 1. The number of likely N-dealkylation sites (N-methyl/N-ethyl adjacent to an activating group) is 1. The molecular weight excluding hydrogens is 202 g/mol. The lowest BCUT2D eigenvalue weighted by atomic mass is 10.1. The smallest absolute Gasteiger partial charge is 0.236 e. The van der Waals surface area contributed by atoms with Crippen LogP contribution in [0.15, 0.2) is 0 Å². The van der Waals surface area contributed by atoms with Gasteiger partial charge in [0.15, 0.2) is 0 Å². The predicted octanol–water partition coefficient (Wildman–Crippen LogP) is 0.535. The molecule has 0 bridgehead atoms. The molecule has 0 aliphatic carbocycles. The molecule has 0 aromatic carbocycles. The molecule has 4 heteroatoms. The van der Waals surface area contributed by atoms with Crippen molar-refractivity contribution in [1.82, 2.24) is 15.1 Å². The monoisotopic (exact) mass is 227 g/mol. The van der Waals surface area contributed by atoms with Crippen molar-refractivity contribution in [2.45, 2.75) is 45.8 Å². The summed E-state index contributed by atoms with van der Waals surface area (Å²) in [5.74, 6) is 0.218. The van der Waals surface area contributed by atoms with Gasteiger partial charge in [-0.1, -0.05) is 0 Å². The van der Waals surface area contributed by atoms with Crippen LogP contribution in [0.4, 0.5) is 0 Å². The lowest BCUT2D eigenvalue weighted by Gasteiger charge is -2.38. The number of nitrogens with zero attached hydrogens (tertiary/aromatic N) is 2. The molecular formula is C12H25N3O. The number of hydrogen-bond donors (Lipinski definition) is 1. The molecule has 2 unspecified atom stereocenters. The molecule has 1 rings (SSSR count). The number of rotatable bonds is 3. The van der Waals surface area contributed by atoms with Gasteiger partial charge >= 0.3 is 0 Å². The summed E-state index contributed by atoms with van der Waals surface area (Å²) < 4.78 is 0. The summed E-state index contributed by atoms with van der Waals surface area (Å²) in [6.45, 7) is 10.9. The van der Waals surface area contributed by atoms with Crippen molar-refractivity contribution in [3.05, 3.63) is 0 Å². The molecule has 1 aliphatic heterocycles. The Kier molecular flexibility index (Phi) is 4.74. The minimum Gasteiger partial charge on any atom is -0.342 e. The highest BCUT2D eigenvalue weighted by Crippen LogP contribution is 2.07. The molecule has 1 saturated heterocycles. The lowest BCUT2D eigenvalue weighted by Crippen LogP contribution is -2.56. The van der Waals surface area contributed by atoms with Gasteiger partial charge in [0.1, 0.15) is 0 Å². The molecule has 0 spiro atoms. The molecule has 0 aromatic rings. The number of carbonyl (C=O) groups is 1. The Morgan fingerprint density at radius 2 is 2.12 bits per heavy atom.